The topological polar surface area (TPSA) is 98.2 Å². The number of rotatable bonds is 11. The van der Waals surface area contributed by atoms with Gasteiger partial charge in [0.25, 0.3) is 11.8 Å². The number of benzene rings is 3. The Balaban J connectivity index is 1.59. The lowest BCUT2D eigenvalue weighted by molar-refractivity contribution is -0.123. The lowest BCUT2D eigenvalue weighted by Crippen LogP contribution is -2.48. The van der Waals surface area contributed by atoms with E-state index in [1.54, 1.807) is 68.8 Å². The fourth-order valence-electron chi connectivity index (χ4n) is 3.37. The number of hydrazone groups is 1. The van der Waals surface area contributed by atoms with Gasteiger partial charge in [-0.1, -0.05) is 37.6 Å². The highest BCUT2D eigenvalue weighted by atomic mass is 35.5. The molecule has 1 unspecified atom stereocenters. The maximum atomic E-state index is 12.7. The lowest BCUT2D eigenvalue weighted by atomic mass is 10.0. The summed E-state index contributed by atoms with van der Waals surface area (Å²) in [5.74, 6) is 0.787. The summed E-state index contributed by atoms with van der Waals surface area (Å²) >= 11 is 5.92. The molecule has 194 valence electrons. The minimum absolute atomic E-state index is 0.158. The maximum absolute atomic E-state index is 12.7. The van der Waals surface area contributed by atoms with E-state index < -0.39 is 11.9 Å². The van der Waals surface area contributed by atoms with E-state index in [4.69, 9.17) is 25.8 Å². The smallest absolute Gasteiger partial charge is 0.262 e. The average molecular weight is 524 g/mol. The lowest BCUT2D eigenvalue weighted by Gasteiger charge is -2.20. The van der Waals surface area contributed by atoms with Gasteiger partial charge in [0.15, 0.2) is 11.5 Å². The van der Waals surface area contributed by atoms with E-state index in [1.807, 2.05) is 26.0 Å². The van der Waals surface area contributed by atoms with Gasteiger partial charge >= 0.3 is 0 Å². The molecule has 0 aliphatic carbocycles. The fourth-order valence-corrected chi connectivity index (χ4v) is 3.49. The first-order valence-corrected chi connectivity index (χ1v) is 12.0. The molecular weight excluding hydrogens is 494 g/mol. The van der Waals surface area contributed by atoms with Crippen molar-refractivity contribution in [1.29, 1.82) is 0 Å². The zero-order valence-electron chi connectivity index (χ0n) is 21.2. The molecule has 1 atom stereocenters. The molecule has 37 heavy (non-hydrogen) atoms. The molecule has 3 aromatic rings. The van der Waals surface area contributed by atoms with Crippen LogP contribution in [0.1, 0.15) is 35.3 Å². The number of nitrogens with zero attached hydrogens (tertiary/aromatic N) is 1. The Morgan fingerprint density at radius 1 is 0.946 bits per heavy atom. The Morgan fingerprint density at radius 2 is 1.65 bits per heavy atom. The van der Waals surface area contributed by atoms with Crippen LogP contribution in [0.15, 0.2) is 71.8 Å². The van der Waals surface area contributed by atoms with Crippen molar-refractivity contribution < 1.29 is 23.8 Å². The number of halogens is 1. The first-order chi connectivity index (χ1) is 17.8. The highest BCUT2D eigenvalue weighted by molar-refractivity contribution is 6.30. The Morgan fingerprint density at radius 3 is 2.27 bits per heavy atom. The van der Waals surface area contributed by atoms with Gasteiger partial charge in [0, 0.05) is 10.6 Å². The molecule has 8 nitrogen and oxygen atoms in total. The molecule has 2 N–H and O–H groups in total. The highest BCUT2D eigenvalue weighted by Gasteiger charge is 2.24. The summed E-state index contributed by atoms with van der Waals surface area (Å²) in [5, 5.41) is 7.48. The molecule has 2 amide bonds. The summed E-state index contributed by atoms with van der Waals surface area (Å²) < 4.78 is 16.4. The van der Waals surface area contributed by atoms with Gasteiger partial charge in [0.1, 0.15) is 18.4 Å². The van der Waals surface area contributed by atoms with E-state index in [1.165, 1.54) is 6.21 Å². The summed E-state index contributed by atoms with van der Waals surface area (Å²) in [7, 11) is 3.10. The zero-order valence-corrected chi connectivity index (χ0v) is 21.9. The Labute approximate surface area is 221 Å². The van der Waals surface area contributed by atoms with Gasteiger partial charge < -0.3 is 19.5 Å². The molecule has 0 bridgehead atoms. The first kappa shape index (κ1) is 27.5. The molecule has 0 fully saturated rings. The molecule has 0 saturated heterocycles. The van der Waals surface area contributed by atoms with Crippen LogP contribution < -0.4 is 25.0 Å². The van der Waals surface area contributed by atoms with Gasteiger partial charge in [-0.3, -0.25) is 9.59 Å². The number of methoxy groups -OCH3 is 2. The van der Waals surface area contributed by atoms with E-state index in [-0.39, 0.29) is 11.8 Å². The van der Waals surface area contributed by atoms with Crippen LogP contribution >= 0.6 is 11.6 Å². The number of carbonyl (C=O) groups is 2. The second-order valence-corrected chi connectivity index (χ2v) is 8.92. The van der Waals surface area contributed by atoms with E-state index in [0.717, 1.165) is 5.56 Å². The molecule has 0 spiro atoms. The van der Waals surface area contributed by atoms with E-state index >= 15 is 0 Å². The third-order valence-corrected chi connectivity index (χ3v) is 5.72. The van der Waals surface area contributed by atoms with Crippen LogP contribution in [-0.4, -0.2) is 38.3 Å². The summed E-state index contributed by atoms with van der Waals surface area (Å²) in [5.41, 5.74) is 4.59. The van der Waals surface area contributed by atoms with Crippen LogP contribution in [0, 0.1) is 5.92 Å². The zero-order chi connectivity index (χ0) is 26.8. The van der Waals surface area contributed by atoms with Crippen molar-refractivity contribution in [3.63, 3.8) is 0 Å². The first-order valence-electron chi connectivity index (χ1n) is 11.6. The molecule has 3 aromatic carbocycles. The van der Waals surface area contributed by atoms with Crippen molar-refractivity contribution in [3.8, 4) is 17.2 Å². The van der Waals surface area contributed by atoms with E-state index in [2.05, 4.69) is 15.8 Å². The quantitative estimate of drug-likeness (QED) is 0.277. The summed E-state index contributed by atoms with van der Waals surface area (Å²) in [4.78, 5) is 25.4. The van der Waals surface area contributed by atoms with Crippen molar-refractivity contribution in [3.05, 3.63) is 88.4 Å². The van der Waals surface area contributed by atoms with Crippen molar-refractivity contribution in [1.82, 2.24) is 10.7 Å². The normalized spacial score (nSPS) is 11.7. The standard InChI is InChI=1S/C28H30ClN3O5/c1-18(2)26(31-27(33)21-8-12-23(35-3)13-9-21)28(34)32-30-16-20-7-14-24(25(15-20)36-4)37-17-19-5-10-22(29)11-6-19/h5-16,18,26H,17H2,1-4H3,(H,31,33)(H,32,34)/b30-16+. The van der Waals surface area contributed by atoms with Crippen LogP contribution in [0.3, 0.4) is 0 Å². The molecule has 0 saturated carbocycles. The molecule has 0 aliphatic heterocycles. The monoisotopic (exact) mass is 523 g/mol. The number of hydrogen-bond donors (Lipinski definition) is 2. The second kappa shape index (κ2) is 13.3. The largest absolute Gasteiger partial charge is 0.497 e. The summed E-state index contributed by atoms with van der Waals surface area (Å²) in [6.45, 7) is 4.04. The Hall–Kier alpha value is -4.04. The second-order valence-electron chi connectivity index (χ2n) is 8.48. The van der Waals surface area contributed by atoms with Crippen molar-refractivity contribution >= 4 is 29.6 Å². The highest BCUT2D eigenvalue weighted by Crippen LogP contribution is 2.28. The average Bonchev–Trinajstić information content (AvgIpc) is 2.91. The van der Waals surface area contributed by atoms with E-state index in [0.29, 0.717) is 40.0 Å². The third-order valence-electron chi connectivity index (χ3n) is 5.47. The number of nitrogens with one attached hydrogen (secondary N) is 2. The Kier molecular flexibility index (Phi) is 9.92. The minimum atomic E-state index is -0.773. The molecule has 0 aromatic heterocycles. The molecule has 0 radical (unpaired) electrons. The molecule has 0 heterocycles. The fraction of sp³-hybridized carbons (Fsp3) is 0.250. The predicted molar refractivity (Wildman–Crippen MR) is 144 cm³/mol. The number of carbonyl (C=O) groups excluding carboxylic acids is 2. The van der Waals surface area contributed by atoms with Gasteiger partial charge in [-0.25, -0.2) is 5.43 Å². The minimum Gasteiger partial charge on any atom is -0.497 e. The maximum Gasteiger partial charge on any atom is 0.262 e. The van der Waals surface area contributed by atoms with Crippen LogP contribution in [0.2, 0.25) is 5.02 Å². The van der Waals surface area contributed by atoms with E-state index in [9.17, 15) is 9.59 Å². The molecular formula is C28H30ClN3O5. The molecule has 3 rings (SSSR count). The predicted octanol–water partition coefficient (Wildman–Crippen LogP) is 4.84. The number of amides is 2. The van der Waals surface area contributed by atoms with Crippen LogP contribution in [0.4, 0.5) is 0 Å². The summed E-state index contributed by atoms with van der Waals surface area (Å²) in [6, 6.07) is 18.6. The van der Waals surface area contributed by atoms with Crippen LogP contribution in [0.5, 0.6) is 17.2 Å². The van der Waals surface area contributed by atoms with Crippen LogP contribution in [0.25, 0.3) is 0 Å². The number of hydrogen-bond acceptors (Lipinski definition) is 6. The Bertz CT molecular complexity index is 1230. The van der Waals surface area contributed by atoms with Gasteiger partial charge in [-0.15, -0.1) is 0 Å². The SMILES string of the molecule is COc1ccc(C(=O)NC(C(=O)N/N=C/c2ccc(OCc3ccc(Cl)cc3)c(OC)c2)C(C)C)cc1. The third kappa shape index (κ3) is 7.98. The van der Waals surface area contributed by atoms with Crippen LogP contribution in [-0.2, 0) is 11.4 Å². The van der Waals surface area contributed by atoms with Gasteiger partial charge in [-0.2, -0.15) is 5.10 Å². The summed E-state index contributed by atoms with van der Waals surface area (Å²) in [6.07, 6.45) is 1.49. The number of ether oxygens (including phenoxy) is 3. The molecule has 9 heteroatoms. The van der Waals surface area contributed by atoms with Crippen molar-refractivity contribution in [2.24, 2.45) is 11.0 Å². The van der Waals surface area contributed by atoms with Crippen molar-refractivity contribution in [2.45, 2.75) is 26.5 Å². The van der Waals surface area contributed by atoms with Gasteiger partial charge in [-0.05, 0) is 71.6 Å². The van der Waals surface area contributed by atoms with Gasteiger partial charge in [0.05, 0.1) is 20.4 Å². The van der Waals surface area contributed by atoms with Crippen molar-refractivity contribution in [2.75, 3.05) is 14.2 Å². The van der Waals surface area contributed by atoms with Gasteiger partial charge in [0.2, 0.25) is 0 Å². The molecule has 0 aliphatic rings.